The number of carbonyl (C=O) groups is 1. The van der Waals surface area contributed by atoms with E-state index in [0.717, 1.165) is 0 Å². The van der Waals surface area contributed by atoms with Gasteiger partial charge in [0.25, 0.3) is 10.0 Å². The van der Waals surface area contributed by atoms with Crippen molar-refractivity contribution >= 4 is 38.9 Å². The minimum absolute atomic E-state index is 0.0434. The summed E-state index contributed by atoms with van der Waals surface area (Å²) < 4.78 is 41.7. The molecule has 0 spiro atoms. The van der Waals surface area contributed by atoms with Gasteiger partial charge in [-0.15, -0.1) is 0 Å². The molecule has 0 aromatic heterocycles. The number of anilines is 2. The Morgan fingerprint density at radius 1 is 1.06 bits per heavy atom. The predicted molar refractivity (Wildman–Crippen MR) is 116 cm³/mol. The van der Waals surface area contributed by atoms with Crippen molar-refractivity contribution in [3.05, 3.63) is 83.1 Å². The molecular weight excluding hydrogens is 443 g/mol. The summed E-state index contributed by atoms with van der Waals surface area (Å²) in [5.41, 5.74) is 0.698. The summed E-state index contributed by atoms with van der Waals surface area (Å²) in [5.74, 6) is -1.77. The van der Waals surface area contributed by atoms with Crippen molar-refractivity contribution in [1.82, 2.24) is 0 Å². The van der Waals surface area contributed by atoms with E-state index in [-0.39, 0.29) is 33.8 Å². The van der Waals surface area contributed by atoms with E-state index in [1.54, 1.807) is 36.4 Å². The Hall–Kier alpha value is -3.10. The molecule has 1 fully saturated rings. The third-order valence-electron chi connectivity index (χ3n) is 5.04. The van der Waals surface area contributed by atoms with Crippen molar-refractivity contribution in [3.8, 4) is 5.75 Å². The number of sulfonamides is 1. The largest absolute Gasteiger partial charge is 0.506 e. The van der Waals surface area contributed by atoms with Crippen LogP contribution in [-0.4, -0.2) is 19.4 Å². The average Bonchev–Trinajstić information content (AvgIpc) is 3.50. The van der Waals surface area contributed by atoms with E-state index in [1.807, 2.05) is 0 Å². The van der Waals surface area contributed by atoms with Gasteiger partial charge < -0.3 is 10.4 Å². The average molecular weight is 461 g/mol. The highest BCUT2D eigenvalue weighted by Gasteiger charge is 2.45. The van der Waals surface area contributed by atoms with Gasteiger partial charge in [-0.1, -0.05) is 35.9 Å². The highest BCUT2D eigenvalue weighted by molar-refractivity contribution is 7.92. The number of nitrogens with one attached hydrogen (secondary N) is 2. The number of phenolic OH excluding ortho intramolecular Hbond substituents is 1. The molecule has 3 N–H and O–H groups in total. The van der Waals surface area contributed by atoms with E-state index in [9.17, 15) is 22.7 Å². The van der Waals surface area contributed by atoms with Gasteiger partial charge in [0.2, 0.25) is 5.91 Å². The lowest BCUT2D eigenvalue weighted by Gasteiger charge is -2.12. The smallest absolute Gasteiger partial charge is 0.261 e. The molecule has 160 valence electrons. The van der Waals surface area contributed by atoms with Gasteiger partial charge in [0.15, 0.2) is 0 Å². The summed E-state index contributed by atoms with van der Waals surface area (Å²) in [6, 6.07) is 16.1. The van der Waals surface area contributed by atoms with Gasteiger partial charge >= 0.3 is 0 Å². The Labute approximate surface area is 183 Å². The lowest BCUT2D eigenvalue weighted by Crippen LogP contribution is -2.16. The van der Waals surface area contributed by atoms with Gasteiger partial charge in [-0.3, -0.25) is 9.52 Å². The van der Waals surface area contributed by atoms with Gasteiger partial charge in [0.05, 0.1) is 16.3 Å². The molecule has 1 saturated carbocycles. The monoisotopic (exact) mass is 460 g/mol. The van der Waals surface area contributed by atoms with Crippen molar-refractivity contribution in [1.29, 1.82) is 0 Å². The zero-order valence-electron chi connectivity index (χ0n) is 16.0. The van der Waals surface area contributed by atoms with Crippen molar-refractivity contribution in [2.75, 3.05) is 10.0 Å². The summed E-state index contributed by atoms with van der Waals surface area (Å²) in [7, 11) is -3.99. The summed E-state index contributed by atoms with van der Waals surface area (Å²) in [4.78, 5) is 12.4. The Balaban J connectivity index is 1.51. The van der Waals surface area contributed by atoms with Crippen LogP contribution < -0.4 is 10.0 Å². The van der Waals surface area contributed by atoms with E-state index < -0.39 is 21.8 Å². The predicted octanol–water partition coefficient (Wildman–Crippen LogP) is 4.73. The SMILES string of the molecule is O=C(Nc1cc(S(=O)(=O)Nc2cccc(Cl)c2)ccc1O)C1CC1c1ccccc1F. The first-order valence-electron chi connectivity index (χ1n) is 9.41. The molecule has 1 aliphatic rings. The van der Waals surface area contributed by atoms with E-state index in [4.69, 9.17) is 11.6 Å². The number of amides is 1. The molecule has 0 bridgehead atoms. The Morgan fingerprint density at radius 2 is 1.84 bits per heavy atom. The Kier molecular flexibility index (Phi) is 5.60. The maximum atomic E-state index is 13.9. The van der Waals surface area contributed by atoms with Crippen LogP contribution >= 0.6 is 11.6 Å². The summed E-state index contributed by atoms with van der Waals surface area (Å²) >= 11 is 5.89. The second-order valence-electron chi connectivity index (χ2n) is 7.25. The Bertz CT molecular complexity index is 1270. The van der Waals surface area contributed by atoms with E-state index in [2.05, 4.69) is 10.0 Å². The molecular formula is C22H18ClFN2O4S. The fourth-order valence-electron chi connectivity index (χ4n) is 3.38. The molecule has 3 aromatic rings. The number of benzene rings is 3. The van der Waals surface area contributed by atoms with Crippen LogP contribution in [0, 0.1) is 11.7 Å². The molecule has 2 atom stereocenters. The van der Waals surface area contributed by atoms with Crippen molar-refractivity contribution in [2.24, 2.45) is 5.92 Å². The van der Waals surface area contributed by atoms with Gasteiger partial charge in [-0.05, 0) is 60.4 Å². The molecule has 6 nitrogen and oxygen atoms in total. The van der Waals surface area contributed by atoms with Crippen molar-refractivity contribution in [3.63, 3.8) is 0 Å². The Morgan fingerprint density at radius 3 is 2.58 bits per heavy atom. The third kappa shape index (κ3) is 4.65. The maximum absolute atomic E-state index is 13.9. The summed E-state index contributed by atoms with van der Waals surface area (Å²) in [5, 5.41) is 13.0. The molecule has 4 rings (SSSR count). The van der Waals surface area contributed by atoms with Crippen LogP contribution in [0.25, 0.3) is 0 Å². The maximum Gasteiger partial charge on any atom is 0.261 e. The minimum atomic E-state index is -3.99. The topological polar surface area (TPSA) is 95.5 Å². The quantitative estimate of drug-likeness (QED) is 0.463. The first kappa shape index (κ1) is 21.1. The molecule has 0 aliphatic heterocycles. The van der Waals surface area contributed by atoms with Crippen LogP contribution in [0.15, 0.2) is 71.6 Å². The number of phenols is 1. The van der Waals surface area contributed by atoms with Crippen molar-refractivity contribution < 1.29 is 22.7 Å². The van der Waals surface area contributed by atoms with Gasteiger partial charge in [-0.25, -0.2) is 12.8 Å². The highest BCUT2D eigenvalue weighted by atomic mass is 35.5. The van der Waals surface area contributed by atoms with Crippen LogP contribution in [0.4, 0.5) is 15.8 Å². The molecule has 31 heavy (non-hydrogen) atoms. The van der Waals surface area contributed by atoms with Gasteiger partial charge in [0, 0.05) is 10.9 Å². The molecule has 9 heteroatoms. The number of hydrogen-bond donors (Lipinski definition) is 3. The molecule has 1 aliphatic carbocycles. The molecule has 3 aromatic carbocycles. The normalized spacial score (nSPS) is 17.7. The number of halogens is 2. The summed E-state index contributed by atoms with van der Waals surface area (Å²) in [6.45, 7) is 0. The van der Waals surface area contributed by atoms with Crippen LogP contribution in [0.1, 0.15) is 17.9 Å². The second-order valence-corrected chi connectivity index (χ2v) is 9.37. The van der Waals surface area contributed by atoms with Crippen LogP contribution in [0.3, 0.4) is 0 Å². The number of carbonyl (C=O) groups excluding carboxylic acids is 1. The minimum Gasteiger partial charge on any atom is -0.506 e. The zero-order chi connectivity index (χ0) is 22.2. The van der Waals surface area contributed by atoms with E-state index >= 15 is 0 Å². The lowest BCUT2D eigenvalue weighted by atomic mass is 10.1. The highest BCUT2D eigenvalue weighted by Crippen LogP contribution is 2.49. The number of hydrogen-bond acceptors (Lipinski definition) is 4. The zero-order valence-corrected chi connectivity index (χ0v) is 17.6. The molecule has 2 unspecified atom stereocenters. The molecule has 1 amide bonds. The van der Waals surface area contributed by atoms with Gasteiger partial charge in [0.1, 0.15) is 11.6 Å². The third-order valence-corrected chi connectivity index (χ3v) is 6.66. The molecule has 0 saturated heterocycles. The first-order chi connectivity index (χ1) is 14.7. The number of rotatable bonds is 6. The lowest BCUT2D eigenvalue weighted by molar-refractivity contribution is -0.117. The van der Waals surface area contributed by atoms with E-state index in [0.29, 0.717) is 17.0 Å². The second kappa shape index (κ2) is 8.20. The summed E-state index contributed by atoms with van der Waals surface area (Å²) in [6.07, 6.45) is 0.474. The standard InChI is InChI=1S/C22H18ClFN2O4S/c23-13-4-3-5-14(10-13)26-31(29,30)15-8-9-21(27)20(11-15)25-22(28)18-12-17(18)16-6-1-2-7-19(16)24/h1-11,17-18,26-27H,12H2,(H,25,28). The van der Waals surface area contributed by atoms with E-state index in [1.165, 1.54) is 30.3 Å². The number of aromatic hydroxyl groups is 1. The molecule has 0 radical (unpaired) electrons. The van der Waals surface area contributed by atoms with Crippen LogP contribution in [0.5, 0.6) is 5.75 Å². The fourth-order valence-corrected chi connectivity index (χ4v) is 4.64. The first-order valence-corrected chi connectivity index (χ1v) is 11.3. The van der Waals surface area contributed by atoms with Crippen LogP contribution in [-0.2, 0) is 14.8 Å². The molecule has 0 heterocycles. The van der Waals surface area contributed by atoms with Crippen molar-refractivity contribution in [2.45, 2.75) is 17.2 Å². The van der Waals surface area contributed by atoms with Gasteiger partial charge in [-0.2, -0.15) is 0 Å². The van der Waals surface area contributed by atoms with Crippen LogP contribution in [0.2, 0.25) is 5.02 Å². The fraction of sp³-hybridized carbons (Fsp3) is 0.136.